The van der Waals surface area contributed by atoms with Gasteiger partial charge in [-0.15, -0.1) is 0 Å². The van der Waals surface area contributed by atoms with Crippen LogP contribution in [-0.2, 0) is 4.74 Å². The lowest BCUT2D eigenvalue weighted by atomic mass is 9.91. The number of carboxylic acid groups (broad SMARTS) is 1. The van der Waals surface area contributed by atoms with Crippen LogP contribution in [0.2, 0.25) is 0 Å². The van der Waals surface area contributed by atoms with Crippen LogP contribution in [-0.4, -0.2) is 29.3 Å². The quantitative estimate of drug-likeness (QED) is 0.782. The molecule has 2 rings (SSSR count). The van der Waals surface area contributed by atoms with Gasteiger partial charge in [0.1, 0.15) is 5.69 Å². The van der Waals surface area contributed by atoms with Crippen molar-refractivity contribution in [1.29, 1.82) is 0 Å². The Morgan fingerprint density at radius 1 is 1.53 bits per heavy atom. The molecular weight excluding hydrogens is 194 g/mol. The van der Waals surface area contributed by atoms with Gasteiger partial charge in [0.25, 0.3) is 0 Å². The molecule has 2 N–H and O–H groups in total. The molecule has 0 spiro atoms. The molecule has 1 aromatic heterocycles. The summed E-state index contributed by atoms with van der Waals surface area (Å²) in [6, 6.07) is 1.94. The van der Waals surface area contributed by atoms with Crippen molar-refractivity contribution in [3.8, 4) is 0 Å². The summed E-state index contributed by atoms with van der Waals surface area (Å²) >= 11 is 0. The van der Waals surface area contributed by atoms with Crippen LogP contribution < -0.4 is 0 Å². The van der Waals surface area contributed by atoms with Crippen LogP contribution in [0.1, 0.15) is 40.5 Å². The Kier molecular flexibility index (Phi) is 2.77. The van der Waals surface area contributed by atoms with Crippen molar-refractivity contribution in [1.82, 2.24) is 4.98 Å². The van der Waals surface area contributed by atoms with E-state index in [2.05, 4.69) is 4.98 Å². The van der Waals surface area contributed by atoms with Gasteiger partial charge in [-0.3, -0.25) is 0 Å². The third kappa shape index (κ3) is 2.04. The number of nitrogens with one attached hydrogen (secondary N) is 1. The molecule has 1 aromatic rings. The minimum absolute atomic E-state index is 0.329. The topological polar surface area (TPSA) is 62.3 Å². The number of carbonyl (C=O) groups is 1. The molecule has 4 nitrogen and oxygen atoms in total. The first-order valence-electron chi connectivity index (χ1n) is 5.19. The average molecular weight is 209 g/mol. The summed E-state index contributed by atoms with van der Waals surface area (Å²) < 4.78 is 5.27. The monoisotopic (exact) mass is 209 g/mol. The molecule has 1 aliphatic heterocycles. The fraction of sp³-hybridized carbons (Fsp3) is 0.545. The summed E-state index contributed by atoms with van der Waals surface area (Å²) in [4.78, 5) is 13.9. The highest BCUT2D eigenvalue weighted by Crippen LogP contribution is 2.30. The first-order chi connectivity index (χ1) is 7.18. The van der Waals surface area contributed by atoms with Gasteiger partial charge in [0, 0.05) is 18.9 Å². The number of hydrogen-bond acceptors (Lipinski definition) is 2. The second-order valence-electron chi connectivity index (χ2n) is 3.97. The van der Waals surface area contributed by atoms with Crippen molar-refractivity contribution < 1.29 is 14.6 Å². The smallest absolute Gasteiger partial charge is 0.352 e. The van der Waals surface area contributed by atoms with E-state index in [0.717, 1.165) is 37.3 Å². The average Bonchev–Trinajstić information content (AvgIpc) is 2.62. The van der Waals surface area contributed by atoms with E-state index in [1.165, 1.54) is 0 Å². The van der Waals surface area contributed by atoms with Crippen LogP contribution in [0.4, 0.5) is 0 Å². The first-order valence-corrected chi connectivity index (χ1v) is 5.19. The van der Waals surface area contributed by atoms with Crippen molar-refractivity contribution >= 4 is 5.97 Å². The molecule has 1 fully saturated rings. The Bertz CT molecular complexity index is 364. The normalized spacial score (nSPS) is 17.9. The maximum absolute atomic E-state index is 11.0. The minimum atomic E-state index is -0.871. The fourth-order valence-corrected chi connectivity index (χ4v) is 2.12. The van der Waals surface area contributed by atoms with Crippen molar-refractivity contribution in [2.45, 2.75) is 25.7 Å². The summed E-state index contributed by atoms with van der Waals surface area (Å²) in [7, 11) is 0. The molecule has 0 atom stereocenters. The van der Waals surface area contributed by atoms with Crippen LogP contribution in [0, 0.1) is 6.92 Å². The van der Waals surface area contributed by atoms with E-state index in [-0.39, 0.29) is 0 Å². The molecule has 0 radical (unpaired) electrons. The molecule has 1 saturated heterocycles. The number of rotatable bonds is 2. The molecule has 1 aliphatic rings. The SMILES string of the molecule is Cc1cc(C2CCOCC2)c(C(=O)O)[nH]1. The van der Waals surface area contributed by atoms with Gasteiger partial charge in [-0.1, -0.05) is 0 Å². The number of ether oxygens (including phenoxy) is 1. The highest BCUT2D eigenvalue weighted by molar-refractivity contribution is 5.87. The van der Waals surface area contributed by atoms with Crippen LogP contribution in [0.15, 0.2) is 6.07 Å². The van der Waals surface area contributed by atoms with E-state index in [0.29, 0.717) is 11.6 Å². The number of aromatic carboxylic acids is 1. The van der Waals surface area contributed by atoms with Gasteiger partial charge in [0.15, 0.2) is 0 Å². The number of hydrogen-bond donors (Lipinski definition) is 2. The standard InChI is InChI=1S/C11H15NO3/c1-7-6-9(10(12-7)11(13)14)8-2-4-15-5-3-8/h6,8,12H,2-5H2,1H3,(H,13,14). The van der Waals surface area contributed by atoms with Crippen molar-refractivity contribution in [2.75, 3.05) is 13.2 Å². The van der Waals surface area contributed by atoms with Crippen LogP contribution in [0.25, 0.3) is 0 Å². The molecule has 0 amide bonds. The van der Waals surface area contributed by atoms with E-state index >= 15 is 0 Å². The lowest BCUT2D eigenvalue weighted by Gasteiger charge is -2.21. The van der Waals surface area contributed by atoms with E-state index in [1.54, 1.807) is 0 Å². The second-order valence-corrected chi connectivity index (χ2v) is 3.97. The first kappa shape index (κ1) is 10.2. The second kappa shape index (κ2) is 4.06. The van der Waals surface area contributed by atoms with Crippen molar-refractivity contribution in [3.63, 3.8) is 0 Å². The third-order valence-corrected chi connectivity index (χ3v) is 2.86. The number of aromatic nitrogens is 1. The van der Waals surface area contributed by atoms with Gasteiger partial charge in [-0.25, -0.2) is 4.79 Å². The zero-order chi connectivity index (χ0) is 10.8. The summed E-state index contributed by atoms with van der Waals surface area (Å²) in [5, 5.41) is 9.05. The molecule has 0 aromatic carbocycles. The Morgan fingerprint density at radius 3 is 2.80 bits per heavy atom. The third-order valence-electron chi connectivity index (χ3n) is 2.86. The van der Waals surface area contributed by atoms with Crippen LogP contribution in [0.3, 0.4) is 0 Å². The van der Waals surface area contributed by atoms with Gasteiger partial charge in [-0.2, -0.15) is 0 Å². The van der Waals surface area contributed by atoms with Gasteiger partial charge in [-0.05, 0) is 37.3 Å². The molecule has 0 bridgehead atoms. The van der Waals surface area contributed by atoms with Crippen molar-refractivity contribution in [2.24, 2.45) is 0 Å². The number of aryl methyl sites for hydroxylation is 1. The maximum Gasteiger partial charge on any atom is 0.352 e. The maximum atomic E-state index is 11.0. The Morgan fingerprint density at radius 2 is 2.20 bits per heavy atom. The predicted octanol–water partition coefficient (Wildman–Crippen LogP) is 1.92. The molecule has 2 heterocycles. The van der Waals surface area contributed by atoms with Gasteiger partial charge < -0.3 is 14.8 Å². The Balaban J connectivity index is 2.28. The molecule has 4 heteroatoms. The zero-order valence-electron chi connectivity index (χ0n) is 8.75. The summed E-state index contributed by atoms with van der Waals surface area (Å²) in [5.74, 6) is -0.542. The molecule has 0 saturated carbocycles. The number of H-pyrrole nitrogens is 1. The van der Waals surface area contributed by atoms with Gasteiger partial charge in [0.05, 0.1) is 0 Å². The molecule has 0 unspecified atom stereocenters. The largest absolute Gasteiger partial charge is 0.477 e. The van der Waals surface area contributed by atoms with E-state index < -0.39 is 5.97 Å². The highest BCUT2D eigenvalue weighted by atomic mass is 16.5. The van der Waals surface area contributed by atoms with E-state index in [1.807, 2.05) is 13.0 Å². The van der Waals surface area contributed by atoms with Gasteiger partial charge in [0.2, 0.25) is 0 Å². The van der Waals surface area contributed by atoms with Crippen LogP contribution in [0.5, 0.6) is 0 Å². The molecule has 82 valence electrons. The van der Waals surface area contributed by atoms with Gasteiger partial charge >= 0.3 is 5.97 Å². The molecule has 0 aliphatic carbocycles. The molecular formula is C11H15NO3. The minimum Gasteiger partial charge on any atom is -0.477 e. The number of aromatic amines is 1. The molecule has 15 heavy (non-hydrogen) atoms. The summed E-state index contributed by atoms with van der Waals surface area (Å²) in [6.07, 6.45) is 1.83. The zero-order valence-corrected chi connectivity index (χ0v) is 8.75. The Hall–Kier alpha value is -1.29. The summed E-state index contributed by atoms with van der Waals surface area (Å²) in [6.45, 7) is 3.34. The predicted molar refractivity (Wildman–Crippen MR) is 55.3 cm³/mol. The summed E-state index contributed by atoms with van der Waals surface area (Å²) in [5.41, 5.74) is 2.19. The lowest BCUT2D eigenvalue weighted by molar-refractivity contribution is 0.0679. The highest BCUT2D eigenvalue weighted by Gasteiger charge is 2.23. The number of carboxylic acids is 1. The lowest BCUT2D eigenvalue weighted by Crippen LogP contribution is -2.16. The Labute approximate surface area is 88.3 Å². The van der Waals surface area contributed by atoms with Crippen LogP contribution >= 0.6 is 0 Å². The van der Waals surface area contributed by atoms with Crippen molar-refractivity contribution in [3.05, 3.63) is 23.0 Å². The van der Waals surface area contributed by atoms with E-state index in [9.17, 15) is 4.79 Å². The van der Waals surface area contributed by atoms with E-state index in [4.69, 9.17) is 9.84 Å². The fourth-order valence-electron chi connectivity index (χ4n) is 2.12.